The van der Waals surface area contributed by atoms with Crippen molar-refractivity contribution in [3.63, 3.8) is 0 Å². The number of carboxylic acid groups (broad SMARTS) is 1. The maximum absolute atomic E-state index is 12.7. The minimum Gasteiger partial charge on any atom is -0.480 e. The Morgan fingerprint density at radius 2 is 2.00 bits per heavy atom. The summed E-state index contributed by atoms with van der Waals surface area (Å²) in [4.78, 5) is 22.6. The number of carbonyl (C=O) groups is 2. The molecular formula is C15H18FNO3. The van der Waals surface area contributed by atoms with Crippen molar-refractivity contribution in [3.8, 4) is 0 Å². The number of hydrogen-bond acceptors (Lipinski definition) is 2. The van der Waals surface area contributed by atoms with Crippen LogP contribution >= 0.6 is 0 Å². The summed E-state index contributed by atoms with van der Waals surface area (Å²) < 4.78 is 12.7. The molecule has 0 unspecified atom stereocenters. The average Bonchev–Trinajstić information content (AvgIpc) is 2.42. The van der Waals surface area contributed by atoms with E-state index in [0.717, 1.165) is 12.8 Å². The first-order valence-electron chi connectivity index (χ1n) is 6.50. The summed E-state index contributed by atoms with van der Waals surface area (Å²) >= 11 is 0. The van der Waals surface area contributed by atoms with E-state index in [1.165, 1.54) is 36.4 Å². The molecule has 108 valence electrons. The van der Waals surface area contributed by atoms with Gasteiger partial charge in [-0.05, 0) is 30.2 Å². The molecule has 1 atom stereocenters. The van der Waals surface area contributed by atoms with Crippen LogP contribution in [0.25, 0.3) is 6.08 Å². The van der Waals surface area contributed by atoms with Crippen LogP contribution in [0, 0.1) is 5.82 Å². The molecule has 0 heterocycles. The second kappa shape index (κ2) is 8.09. The van der Waals surface area contributed by atoms with Crippen LogP contribution in [-0.4, -0.2) is 23.0 Å². The van der Waals surface area contributed by atoms with Gasteiger partial charge in [-0.3, -0.25) is 4.79 Å². The Bertz CT molecular complexity index is 482. The SMILES string of the molecule is CCCC[C@H](NC(=O)/C=C/c1ccc(F)cc1)C(=O)O. The number of benzene rings is 1. The first-order chi connectivity index (χ1) is 9.52. The van der Waals surface area contributed by atoms with Gasteiger partial charge in [0, 0.05) is 6.08 Å². The van der Waals surface area contributed by atoms with E-state index in [9.17, 15) is 14.0 Å². The van der Waals surface area contributed by atoms with Gasteiger partial charge in [-0.2, -0.15) is 0 Å². The molecule has 0 bridgehead atoms. The van der Waals surface area contributed by atoms with Gasteiger partial charge in [-0.25, -0.2) is 9.18 Å². The molecule has 4 nitrogen and oxygen atoms in total. The first kappa shape index (κ1) is 15.9. The van der Waals surface area contributed by atoms with Crippen molar-refractivity contribution in [1.82, 2.24) is 5.32 Å². The van der Waals surface area contributed by atoms with Gasteiger partial charge >= 0.3 is 5.97 Å². The Kier molecular flexibility index (Phi) is 6.43. The summed E-state index contributed by atoms with van der Waals surface area (Å²) in [5.41, 5.74) is 0.669. The van der Waals surface area contributed by atoms with Crippen LogP contribution < -0.4 is 5.32 Å². The molecule has 0 spiro atoms. The summed E-state index contributed by atoms with van der Waals surface area (Å²) in [5, 5.41) is 11.4. The van der Waals surface area contributed by atoms with Crippen LogP contribution in [0.2, 0.25) is 0 Å². The maximum Gasteiger partial charge on any atom is 0.326 e. The number of amides is 1. The molecule has 1 amide bonds. The molecule has 0 fully saturated rings. The minimum absolute atomic E-state index is 0.350. The van der Waals surface area contributed by atoms with Gasteiger partial charge in [0.1, 0.15) is 11.9 Å². The van der Waals surface area contributed by atoms with E-state index < -0.39 is 17.9 Å². The predicted molar refractivity (Wildman–Crippen MR) is 74.5 cm³/mol. The van der Waals surface area contributed by atoms with Gasteiger partial charge in [0.05, 0.1) is 0 Å². The Balaban J connectivity index is 2.56. The lowest BCUT2D eigenvalue weighted by atomic mass is 10.1. The lowest BCUT2D eigenvalue weighted by molar-refractivity contribution is -0.141. The van der Waals surface area contributed by atoms with Crippen LogP contribution in [0.1, 0.15) is 31.7 Å². The Morgan fingerprint density at radius 1 is 1.35 bits per heavy atom. The van der Waals surface area contributed by atoms with E-state index >= 15 is 0 Å². The van der Waals surface area contributed by atoms with Crippen LogP contribution in [-0.2, 0) is 9.59 Å². The Labute approximate surface area is 117 Å². The highest BCUT2D eigenvalue weighted by Gasteiger charge is 2.17. The highest BCUT2D eigenvalue weighted by molar-refractivity contribution is 5.94. The monoisotopic (exact) mass is 279 g/mol. The van der Waals surface area contributed by atoms with Crippen LogP contribution in [0.4, 0.5) is 4.39 Å². The number of rotatable bonds is 7. The molecule has 0 aliphatic rings. The number of hydrogen-bond donors (Lipinski definition) is 2. The standard InChI is InChI=1S/C15H18FNO3/c1-2-3-4-13(15(19)20)17-14(18)10-7-11-5-8-12(16)9-6-11/h5-10,13H,2-4H2,1H3,(H,17,18)(H,19,20)/b10-7+/t13-/m0/s1. The molecule has 1 aromatic carbocycles. The van der Waals surface area contributed by atoms with Gasteiger partial charge in [0.15, 0.2) is 0 Å². The van der Waals surface area contributed by atoms with Crippen molar-refractivity contribution < 1.29 is 19.1 Å². The highest BCUT2D eigenvalue weighted by atomic mass is 19.1. The summed E-state index contributed by atoms with van der Waals surface area (Å²) in [6.45, 7) is 1.95. The molecule has 1 aromatic rings. The number of aliphatic carboxylic acids is 1. The van der Waals surface area contributed by atoms with Crippen LogP contribution in [0.15, 0.2) is 30.3 Å². The van der Waals surface area contributed by atoms with Crippen molar-refractivity contribution in [2.75, 3.05) is 0 Å². The molecule has 0 aliphatic carbocycles. The van der Waals surface area contributed by atoms with E-state index in [1.54, 1.807) is 0 Å². The minimum atomic E-state index is -1.04. The van der Waals surface area contributed by atoms with Gasteiger partial charge in [0.25, 0.3) is 0 Å². The summed E-state index contributed by atoms with van der Waals surface area (Å²) in [6, 6.07) is 4.77. The van der Waals surface area contributed by atoms with Crippen molar-refractivity contribution in [3.05, 3.63) is 41.7 Å². The third-order valence-corrected chi connectivity index (χ3v) is 2.76. The van der Waals surface area contributed by atoms with Crippen molar-refractivity contribution in [1.29, 1.82) is 0 Å². The lowest BCUT2D eigenvalue weighted by Crippen LogP contribution is -2.39. The fourth-order valence-electron chi connectivity index (χ4n) is 1.63. The molecule has 0 saturated carbocycles. The quantitative estimate of drug-likeness (QED) is 0.754. The van der Waals surface area contributed by atoms with Gasteiger partial charge in [0.2, 0.25) is 5.91 Å². The van der Waals surface area contributed by atoms with E-state index in [-0.39, 0.29) is 5.82 Å². The second-order valence-electron chi connectivity index (χ2n) is 4.43. The number of nitrogens with one attached hydrogen (secondary N) is 1. The van der Waals surface area contributed by atoms with Gasteiger partial charge in [-0.15, -0.1) is 0 Å². The summed E-state index contributed by atoms with van der Waals surface area (Å²) in [5.74, 6) is -1.86. The molecule has 0 aromatic heterocycles. The fourth-order valence-corrected chi connectivity index (χ4v) is 1.63. The molecule has 20 heavy (non-hydrogen) atoms. The maximum atomic E-state index is 12.7. The Hall–Kier alpha value is -2.17. The summed E-state index contributed by atoms with van der Waals surface area (Å²) in [6.07, 6.45) is 4.76. The zero-order chi connectivity index (χ0) is 15.0. The lowest BCUT2D eigenvalue weighted by Gasteiger charge is -2.12. The molecular weight excluding hydrogens is 261 g/mol. The molecule has 5 heteroatoms. The smallest absolute Gasteiger partial charge is 0.326 e. The molecule has 0 radical (unpaired) electrons. The van der Waals surface area contributed by atoms with E-state index in [2.05, 4.69) is 5.32 Å². The van der Waals surface area contributed by atoms with Crippen molar-refractivity contribution >= 4 is 18.0 Å². The molecule has 2 N–H and O–H groups in total. The topological polar surface area (TPSA) is 66.4 Å². The zero-order valence-corrected chi connectivity index (χ0v) is 11.3. The van der Waals surface area contributed by atoms with Crippen molar-refractivity contribution in [2.45, 2.75) is 32.2 Å². The first-order valence-corrected chi connectivity index (χ1v) is 6.50. The van der Waals surface area contributed by atoms with E-state index in [1.807, 2.05) is 6.92 Å². The number of unbranched alkanes of at least 4 members (excludes halogenated alkanes) is 1. The largest absolute Gasteiger partial charge is 0.480 e. The third kappa shape index (κ3) is 5.65. The number of halogens is 1. The number of carboxylic acids is 1. The summed E-state index contributed by atoms with van der Waals surface area (Å²) in [7, 11) is 0. The molecule has 0 aliphatic heterocycles. The predicted octanol–water partition coefficient (Wildman–Crippen LogP) is 2.60. The fraction of sp³-hybridized carbons (Fsp3) is 0.333. The van der Waals surface area contributed by atoms with Gasteiger partial charge in [-0.1, -0.05) is 31.9 Å². The van der Waals surface area contributed by atoms with Crippen molar-refractivity contribution in [2.24, 2.45) is 0 Å². The average molecular weight is 279 g/mol. The Morgan fingerprint density at radius 3 is 2.55 bits per heavy atom. The second-order valence-corrected chi connectivity index (χ2v) is 4.43. The third-order valence-electron chi connectivity index (χ3n) is 2.76. The highest BCUT2D eigenvalue weighted by Crippen LogP contribution is 2.05. The zero-order valence-electron chi connectivity index (χ0n) is 11.3. The molecule has 0 saturated heterocycles. The van der Waals surface area contributed by atoms with E-state index in [4.69, 9.17) is 5.11 Å². The van der Waals surface area contributed by atoms with Gasteiger partial charge < -0.3 is 10.4 Å². The van der Waals surface area contributed by atoms with Crippen LogP contribution in [0.3, 0.4) is 0 Å². The number of carbonyl (C=O) groups excluding carboxylic acids is 1. The molecule has 1 rings (SSSR count). The van der Waals surface area contributed by atoms with E-state index in [0.29, 0.717) is 12.0 Å². The van der Waals surface area contributed by atoms with Crippen LogP contribution in [0.5, 0.6) is 0 Å². The normalized spacial score (nSPS) is 12.3.